The summed E-state index contributed by atoms with van der Waals surface area (Å²) in [5, 5.41) is 2.45. The molecule has 21 heavy (non-hydrogen) atoms. The lowest BCUT2D eigenvalue weighted by atomic mass is 10.1. The van der Waals surface area contributed by atoms with Crippen molar-refractivity contribution in [1.29, 1.82) is 0 Å². The predicted octanol–water partition coefficient (Wildman–Crippen LogP) is 3.13. The second kappa shape index (κ2) is 7.40. The van der Waals surface area contributed by atoms with Gasteiger partial charge in [-0.05, 0) is 23.6 Å². The maximum Gasteiger partial charge on any atom is 0.419 e. The highest BCUT2D eigenvalue weighted by molar-refractivity contribution is 5.77. The van der Waals surface area contributed by atoms with Crippen molar-refractivity contribution in [3.8, 4) is 0 Å². The summed E-state index contributed by atoms with van der Waals surface area (Å²) in [6, 6.07) is 2.55. The van der Waals surface area contributed by atoms with E-state index in [-0.39, 0.29) is 18.7 Å². The summed E-state index contributed by atoms with van der Waals surface area (Å²) >= 11 is 0. The summed E-state index contributed by atoms with van der Waals surface area (Å²) in [7, 11) is 0. The summed E-state index contributed by atoms with van der Waals surface area (Å²) in [6.45, 7) is 4.11. The Morgan fingerprint density at radius 3 is 2.52 bits per heavy atom. The van der Waals surface area contributed by atoms with Gasteiger partial charge in [-0.3, -0.25) is 4.79 Å². The lowest BCUT2D eigenvalue weighted by molar-refractivity contribution is -0.140. The lowest BCUT2D eigenvalue weighted by Crippen LogP contribution is -2.27. The van der Waals surface area contributed by atoms with Gasteiger partial charge in [-0.25, -0.2) is 4.39 Å². The highest BCUT2D eigenvalue weighted by Gasteiger charge is 2.33. The fourth-order valence-electron chi connectivity index (χ4n) is 1.54. The summed E-state index contributed by atoms with van der Waals surface area (Å²) in [4.78, 5) is 11.4. The van der Waals surface area contributed by atoms with E-state index in [9.17, 15) is 22.4 Å². The standard InChI is InChI=1S/C14H17F4NO2/c1-9(2)7-21-8-13(20)19-6-10-3-4-11(12(15)5-10)14(16,17)18/h3-5,9H,6-8H2,1-2H3,(H,19,20). The van der Waals surface area contributed by atoms with Crippen LogP contribution in [0.3, 0.4) is 0 Å². The monoisotopic (exact) mass is 307 g/mol. The Morgan fingerprint density at radius 2 is 2.00 bits per heavy atom. The molecule has 3 nitrogen and oxygen atoms in total. The quantitative estimate of drug-likeness (QED) is 0.820. The van der Waals surface area contributed by atoms with Gasteiger partial charge in [-0.2, -0.15) is 13.2 Å². The Hall–Kier alpha value is -1.63. The van der Waals surface area contributed by atoms with Crippen LogP contribution in [0.2, 0.25) is 0 Å². The van der Waals surface area contributed by atoms with E-state index < -0.39 is 23.5 Å². The minimum absolute atomic E-state index is 0.0566. The number of nitrogens with one attached hydrogen (secondary N) is 1. The van der Waals surface area contributed by atoms with Gasteiger partial charge in [0.1, 0.15) is 12.4 Å². The van der Waals surface area contributed by atoms with Crippen LogP contribution in [0.15, 0.2) is 18.2 Å². The number of ether oxygens (including phenoxy) is 1. The molecule has 1 rings (SSSR count). The van der Waals surface area contributed by atoms with Gasteiger partial charge in [0.2, 0.25) is 5.91 Å². The molecule has 1 N–H and O–H groups in total. The lowest BCUT2D eigenvalue weighted by Gasteiger charge is -2.10. The molecule has 0 unspecified atom stereocenters. The fraction of sp³-hybridized carbons (Fsp3) is 0.500. The Bertz CT molecular complexity index is 486. The molecule has 0 saturated heterocycles. The largest absolute Gasteiger partial charge is 0.419 e. The Labute approximate surface area is 120 Å². The highest BCUT2D eigenvalue weighted by Crippen LogP contribution is 2.31. The third-order valence-electron chi connectivity index (χ3n) is 2.51. The van der Waals surface area contributed by atoms with Crippen molar-refractivity contribution in [1.82, 2.24) is 5.32 Å². The zero-order chi connectivity index (χ0) is 16.0. The molecule has 0 atom stereocenters. The van der Waals surface area contributed by atoms with Crippen molar-refractivity contribution in [2.24, 2.45) is 5.92 Å². The molecule has 0 spiro atoms. The number of alkyl halides is 3. The van der Waals surface area contributed by atoms with E-state index in [0.717, 1.165) is 12.1 Å². The van der Waals surface area contributed by atoms with Crippen LogP contribution < -0.4 is 5.32 Å². The zero-order valence-electron chi connectivity index (χ0n) is 11.8. The molecule has 0 aliphatic heterocycles. The number of halogens is 4. The summed E-state index contributed by atoms with van der Waals surface area (Å²) in [6.07, 6.45) is -4.73. The number of carbonyl (C=O) groups excluding carboxylic acids is 1. The third kappa shape index (κ3) is 6.12. The van der Waals surface area contributed by atoms with Crippen LogP contribution in [0.25, 0.3) is 0 Å². The van der Waals surface area contributed by atoms with Crippen molar-refractivity contribution in [3.05, 3.63) is 35.1 Å². The molecular weight excluding hydrogens is 290 g/mol. The topological polar surface area (TPSA) is 38.3 Å². The van der Waals surface area contributed by atoms with Crippen LogP contribution in [-0.2, 0) is 22.3 Å². The zero-order valence-corrected chi connectivity index (χ0v) is 11.8. The van der Waals surface area contributed by atoms with E-state index in [4.69, 9.17) is 4.74 Å². The fourth-order valence-corrected chi connectivity index (χ4v) is 1.54. The summed E-state index contributed by atoms with van der Waals surface area (Å²) in [5.41, 5.74) is -1.07. The molecule has 0 heterocycles. The minimum atomic E-state index is -4.73. The van der Waals surface area contributed by atoms with E-state index in [0.29, 0.717) is 18.6 Å². The summed E-state index contributed by atoms with van der Waals surface area (Å²) in [5.74, 6) is -1.47. The van der Waals surface area contributed by atoms with Crippen molar-refractivity contribution in [2.75, 3.05) is 13.2 Å². The molecule has 0 radical (unpaired) electrons. The molecule has 0 fully saturated rings. The number of rotatable bonds is 6. The van der Waals surface area contributed by atoms with E-state index in [2.05, 4.69) is 5.32 Å². The first-order chi connectivity index (χ1) is 9.70. The summed E-state index contributed by atoms with van der Waals surface area (Å²) < 4.78 is 55.5. The Kier molecular flexibility index (Phi) is 6.14. The first-order valence-electron chi connectivity index (χ1n) is 6.40. The van der Waals surface area contributed by atoms with E-state index in [1.54, 1.807) is 0 Å². The number of carbonyl (C=O) groups is 1. The minimum Gasteiger partial charge on any atom is -0.371 e. The van der Waals surface area contributed by atoms with Gasteiger partial charge in [0, 0.05) is 13.2 Å². The maximum atomic E-state index is 13.3. The van der Waals surface area contributed by atoms with Crippen molar-refractivity contribution >= 4 is 5.91 Å². The van der Waals surface area contributed by atoms with Crippen molar-refractivity contribution < 1.29 is 27.1 Å². The molecule has 1 aromatic rings. The third-order valence-corrected chi connectivity index (χ3v) is 2.51. The van der Waals surface area contributed by atoms with Gasteiger partial charge in [-0.1, -0.05) is 19.9 Å². The van der Waals surface area contributed by atoms with Crippen LogP contribution in [0, 0.1) is 11.7 Å². The Balaban J connectivity index is 2.49. The van der Waals surface area contributed by atoms with Crippen molar-refractivity contribution in [2.45, 2.75) is 26.6 Å². The SMILES string of the molecule is CC(C)COCC(=O)NCc1ccc(C(F)(F)F)c(F)c1. The normalized spacial score (nSPS) is 11.8. The van der Waals surface area contributed by atoms with Gasteiger partial charge < -0.3 is 10.1 Å². The molecule has 0 aromatic heterocycles. The number of amides is 1. The van der Waals surface area contributed by atoms with E-state index in [1.165, 1.54) is 0 Å². The maximum absolute atomic E-state index is 13.3. The highest BCUT2D eigenvalue weighted by atomic mass is 19.4. The molecule has 0 saturated carbocycles. The van der Waals surface area contributed by atoms with Gasteiger partial charge in [-0.15, -0.1) is 0 Å². The molecule has 0 aliphatic carbocycles. The molecule has 7 heteroatoms. The smallest absolute Gasteiger partial charge is 0.371 e. The van der Waals surface area contributed by atoms with E-state index >= 15 is 0 Å². The number of hydrogen-bond donors (Lipinski definition) is 1. The molecular formula is C14H17F4NO2. The van der Waals surface area contributed by atoms with Gasteiger partial charge in [0.25, 0.3) is 0 Å². The average molecular weight is 307 g/mol. The number of benzene rings is 1. The molecule has 0 bridgehead atoms. The van der Waals surface area contributed by atoms with Crippen LogP contribution in [0.1, 0.15) is 25.0 Å². The average Bonchev–Trinajstić information content (AvgIpc) is 2.34. The van der Waals surface area contributed by atoms with Crippen LogP contribution >= 0.6 is 0 Å². The first kappa shape index (κ1) is 17.4. The molecule has 118 valence electrons. The molecule has 1 amide bonds. The molecule has 0 aliphatic rings. The second-order valence-corrected chi connectivity index (χ2v) is 5.00. The Morgan fingerprint density at radius 1 is 1.33 bits per heavy atom. The first-order valence-corrected chi connectivity index (χ1v) is 6.40. The van der Waals surface area contributed by atoms with Crippen molar-refractivity contribution in [3.63, 3.8) is 0 Å². The molecule has 1 aromatic carbocycles. The van der Waals surface area contributed by atoms with Gasteiger partial charge in [0.05, 0.1) is 5.56 Å². The predicted molar refractivity (Wildman–Crippen MR) is 68.9 cm³/mol. The van der Waals surface area contributed by atoms with Crippen LogP contribution in [0.4, 0.5) is 17.6 Å². The van der Waals surface area contributed by atoms with E-state index in [1.807, 2.05) is 13.8 Å². The second-order valence-electron chi connectivity index (χ2n) is 5.00. The number of hydrogen-bond acceptors (Lipinski definition) is 2. The van der Waals surface area contributed by atoms with Crippen LogP contribution in [-0.4, -0.2) is 19.1 Å². The van der Waals surface area contributed by atoms with Gasteiger partial charge >= 0.3 is 6.18 Å². The van der Waals surface area contributed by atoms with Gasteiger partial charge in [0.15, 0.2) is 0 Å². The van der Waals surface area contributed by atoms with Crippen LogP contribution in [0.5, 0.6) is 0 Å².